The molecule has 2 heteroatoms. The molecule has 0 unspecified atom stereocenters. The van der Waals surface area contributed by atoms with Crippen molar-refractivity contribution in [1.29, 1.82) is 0 Å². The van der Waals surface area contributed by atoms with Crippen LogP contribution in [0.15, 0.2) is 65.6 Å². The summed E-state index contributed by atoms with van der Waals surface area (Å²) in [5, 5.41) is 0. The molecule has 0 atom stereocenters. The van der Waals surface area contributed by atoms with E-state index in [4.69, 9.17) is 0 Å². The number of rotatable bonds is 5. The maximum absolute atomic E-state index is 11.0. The molecule has 0 bridgehead atoms. The fraction of sp³-hybridized carbons (Fsp3) is 0.0625. The first-order chi connectivity index (χ1) is 8.88. The second-order valence-electron chi connectivity index (χ2n) is 3.85. The summed E-state index contributed by atoms with van der Waals surface area (Å²) in [6, 6.07) is 20.0. The normalized spacial score (nSPS) is 11.2. The van der Waals surface area contributed by atoms with E-state index in [-0.39, 0.29) is 0 Å². The summed E-state index contributed by atoms with van der Waals surface area (Å²) >= 11 is 1.56. The average molecular weight is 254 g/mol. The summed E-state index contributed by atoms with van der Waals surface area (Å²) in [6.45, 7) is 0. The number of carbonyl (C=O) groups excluding carboxylic acids is 1. The lowest BCUT2D eigenvalue weighted by Crippen LogP contribution is -1.83. The number of hydrogen-bond donors (Lipinski definition) is 0. The molecule has 0 amide bonds. The third-order valence-electron chi connectivity index (χ3n) is 2.47. The molecular weight excluding hydrogens is 240 g/mol. The van der Waals surface area contributed by atoms with Crippen molar-refractivity contribution in [1.82, 2.24) is 0 Å². The maximum Gasteiger partial charge on any atom is 0.156 e. The molecule has 0 heterocycles. The van der Waals surface area contributed by atoms with Crippen LogP contribution in [0.25, 0.3) is 6.08 Å². The second-order valence-corrected chi connectivity index (χ2v) is 4.90. The van der Waals surface area contributed by atoms with Crippen LogP contribution in [0, 0.1) is 0 Å². The summed E-state index contributed by atoms with van der Waals surface area (Å²) in [5.74, 6) is 0.818. The summed E-state index contributed by atoms with van der Waals surface area (Å²) in [5.41, 5.74) is 2.28. The number of benzene rings is 2. The molecule has 2 aromatic carbocycles. The zero-order valence-corrected chi connectivity index (χ0v) is 10.8. The lowest BCUT2D eigenvalue weighted by Gasteiger charge is -2.01. The Morgan fingerprint density at radius 1 is 0.944 bits per heavy atom. The third-order valence-corrected chi connectivity index (χ3v) is 3.50. The monoisotopic (exact) mass is 254 g/mol. The Morgan fingerprint density at radius 3 is 2.17 bits per heavy atom. The Bertz CT molecular complexity index is 517. The van der Waals surface area contributed by atoms with E-state index in [1.807, 2.05) is 54.6 Å². The highest BCUT2D eigenvalue weighted by Gasteiger charge is 1.98. The quantitative estimate of drug-likeness (QED) is 0.588. The van der Waals surface area contributed by atoms with Crippen LogP contribution in [-0.4, -0.2) is 6.29 Å². The molecule has 0 aromatic heterocycles. The van der Waals surface area contributed by atoms with Crippen molar-refractivity contribution in [3.8, 4) is 0 Å². The first-order valence-electron chi connectivity index (χ1n) is 5.77. The largest absolute Gasteiger partial charge is 0.297 e. The molecule has 0 radical (unpaired) electrons. The minimum absolute atomic E-state index is 0.755. The van der Waals surface area contributed by atoms with E-state index in [0.29, 0.717) is 0 Å². The Kier molecular flexibility index (Phi) is 4.79. The Labute approximate surface area is 112 Å². The van der Waals surface area contributed by atoms with Gasteiger partial charge in [-0.05, 0) is 17.2 Å². The smallest absolute Gasteiger partial charge is 0.156 e. The first-order valence-corrected chi connectivity index (χ1v) is 6.76. The van der Waals surface area contributed by atoms with E-state index < -0.39 is 0 Å². The molecule has 0 N–H and O–H groups in total. The number of carbonyl (C=O) groups is 1. The lowest BCUT2D eigenvalue weighted by atomic mass is 10.2. The van der Waals surface area contributed by atoms with Crippen molar-refractivity contribution in [2.75, 3.05) is 0 Å². The Morgan fingerprint density at radius 2 is 1.56 bits per heavy atom. The summed E-state index contributed by atoms with van der Waals surface area (Å²) in [6.07, 6.45) is 2.83. The van der Waals surface area contributed by atoms with Crippen molar-refractivity contribution in [2.45, 2.75) is 5.75 Å². The molecule has 18 heavy (non-hydrogen) atoms. The first kappa shape index (κ1) is 12.7. The number of aldehydes is 1. The Balaban J connectivity index is 2.02. The van der Waals surface area contributed by atoms with Crippen molar-refractivity contribution >= 4 is 24.1 Å². The molecule has 2 aromatic rings. The number of thioether (sulfide) groups is 1. The highest BCUT2D eigenvalue weighted by atomic mass is 32.2. The molecule has 0 saturated heterocycles. The van der Waals surface area contributed by atoms with E-state index in [2.05, 4.69) is 12.1 Å². The van der Waals surface area contributed by atoms with Gasteiger partial charge in [0.2, 0.25) is 0 Å². The van der Waals surface area contributed by atoms with Gasteiger partial charge < -0.3 is 0 Å². The molecule has 90 valence electrons. The van der Waals surface area contributed by atoms with Crippen LogP contribution in [-0.2, 0) is 10.5 Å². The predicted octanol–water partition coefficient (Wildman–Crippen LogP) is 4.16. The molecule has 0 aliphatic carbocycles. The van der Waals surface area contributed by atoms with E-state index in [1.165, 1.54) is 5.56 Å². The van der Waals surface area contributed by atoms with Crippen molar-refractivity contribution in [3.63, 3.8) is 0 Å². The highest BCUT2D eigenvalue weighted by Crippen LogP contribution is 2.21. The summed E-state index contributed by atoms with van der Waals surface area (Å²) < 4.78 is 0. The van der Waals surface area contributed by atoms with E-state index in [0.717, 1.165) is 22.5 Å². The van der Waals surface area contributed by atoms with Gasteiger partial charge in [0.05, 0.1) is 0 Å². The van der Waals surface area contributed by atoms with Gasteiger partial charge in [-0.3, -0.25) is 4.79 Å². The third kappa shape index (κ3) is 3.90. The highest BCUT2D eigenvalue weighted by molar-refractivity contribution is 8.03. The van der Waals surface area contributed by atoms with Gasteiger partial charge in [0, 0.05) is 10.7 Å². The molecule has 0 aliphatic heterocycles. The predicted molar refractivity (Wildman–Crippen MR) is 78.2 cm³/mol. The fourth-order valence-electron chi connectivity index (χ4n) is 1.56. The topological polar surface area (TPSA) is 17.1 Å². The van der Waals surface area contributed by atoms with Gasteiger partial charge in [-0.2, -0.15) is 0 Å². The van der Waals surface area contributed by atoms with Crippen LogP contribution in [0.1, 0.15) is 11.1 Å². The zero-order chi connectivity index (χ0) is 12.6. The van der Waals surface area contributed by atoms with Gasteiger partial charge in [0.15, 0.2) is 6.29 Å². The van der Waals surface area contributed by atoms with Gasteiger partial charge in [0.1, 0.15) is 0 Å². The van der Waals surface area contributed by atoms with E-state index in [9.17, 15) is 4.79 Å². The van der Waals surface area contributed by atoms with Crippen LogP contribution in [0.5, 0.6) is 0 Å². The van der Waals surface area contributed by atoms with Gasteiger partial charge in [-0.1, -0.05) is 60.7 Å². The van der Waals surface area contributed by atoms with Crippen LogP contribution >= 0.6 is 11.8 Å². The van der Waals surface area contributed by atoms with Crippen molar-refractivity contribution < 1.29 is 4.79 Å². The summed E-state index contributed by atoms with van der Waals surface area (Å²) in [7, 11) is 0. The van der Waals surface area contributed by atoms with Crippen LogP contribution < -0.4 is 0 Å². The minimum atomic E-state index is 0.755. The van der Waals surface area contributed by atoms with Crippen molar-refractivity contribution in [3.05, 3.63) is 76.7 Å². The van der Waals surface area contributed by atoms with E-state index >= 15 is 0 Å². The van der Waals surface area contributed by atoms with Crippen LogP contribution in [0.2, 0.25) is 0 Å². The van der Waals surface area contributed by atoms with Gasteiger partial charge in [0.25, 0.3) is 0 Å². The standard InChI is InChI=1S/C16H14OS/c17-12-16(11-14-7-3-1-4-8-14)18-13-15-9-5-2-6-10-15/h1-12H,13H2/b16-11-. The molecule has 0 fully saturated rings. The molecule has 0 spiro atoms. The van der Waals surface area contributed by atoms with Crippen LogP contribution in [0.4, 0.5) is 0 Å². The van der Waals surface area contributed by atoms with Crippen molar-refractivity contribution in [2.24, 2.45) is 0 Å². The molecule has 0 saturated carbocycles. The SMILES string of the molecule is O=C/C(=C/c1ccccc1)SCc1ccccc1. The minimum Gasteiger partial charge on any atom is -0.297 e. The van der Waals surface area contributed by atoms with Gasteiger partial charge in [-0.15, -0.1) is 11.8 Å². The van der Waals surface area contributed by atoms with Crippen LogP contribution in [0.3, 0.4) is 0 Å². The molecule has 0 aliphatic rings. The lowest BCUT2D eigenvalue weighted by molar-refractivity contribution is -0.104. The van der Waals surface area contributed by atoms with E-state index in [1.54, 1.807) is 11.8 Å². The zero-order valence-electron chi connectivity index (χ0n) is 9.95. The summed E-state index contributed by atoms with van der Waals surface area (Å²) in [4.78, 5) is 11.8. The molecular formula is C16H14OS. The second kappa shape index (κ2) is 6.82. The Hall–Kier alpha value is -1.80. The maximum atomic E-state index is 11.0. The fourth-order valence-corrected chi connectivity index (χ4v) is 2.38. The number of allylic oxidation sites excluding steroid dienone is 1. The molecule has 2 rings (SSSR count). The van der Waals surface area contributed by atoms with Gasteiger partial charge >= 0.3 is 0 Å². The molecule has 1 nitrogen and oxygen atoms in total. The number of hydrogen-bond acceptors (Lipinski definition) is 2. The van der Waals surface area contributed by atoms with Gasteiger partial charge in [-0.25, -0.2) is 0 Å². The average Bonchev–Trinajstić information content (AvgIpc) is 2.45.